The molecule has 5 heteroatoms. The second-order valence-electron chi connectivity index (χ2n) is 5.52. The van der Waals surface area contributed by atoms with Crippen LogP contribution in [0.2, 0.25) is 0 Å². The van der Waals surface area contributed by atoms with Crippen LogP contribution in [0, 0.1) is 12.3 Å². The van der Waals surface area contributed by atoms with E-state index in [9.17, 15) is 4.79 Å². The summed E-state index contributed by atoms with van der Waals surface area (Å²) in [5, 5.41) is 6.21. The first-order valence-corrected chi connectivity index (χ1v) is 7.35. The van der Waals surface area contributed by atoms with Crippen molar-refractivity contribution in [2.45, 2.75) is 31.8 Å². The zero-order chi connectivity index (χ0) is 16.0. The van der Waals surface area contributed by atoms with Crippen LogP contribution >= 0.6 is 0 Å². The van der Waals surface area contributed by atoms with Crippen molar-refractivity contribution in [3.8, 4) is 23.8 Å². The number of hydrogen-bond acceptors (Lipinski definition) is 4. The quantitative estimate of drug-likeness (QED) is 0.781. The van der Waals surface area contributed by atoms with Gasteiger partial charge in [-0.15, -0.1) is 6.42 Å². The lowest BCUT2D eigenvalue weighted by Gasteiger charge is -2.23. The molecule has 0 bridgehead atoms. The van der Waals surface area contributed by atoms with Gasteiger partial charge in [0.25, 0.3) is 0 Å². The molecule has 1 amide bonds. The molecule has 0 saturated carbocycles. The van der Waals surface area contributed by atoms with Crippen molar-refractivity contribution in [3.63, 3.8) is 0 Å². The first-order chi connectivity index (χ1) is 10.6. The van der Waals surface area contributed by atoms with Gasteiger partial charge in [0.1, 0.15) is 6.61 Å². The van der Waals surface area contributed by atoms with Crippen LogP contribution in [-0.2, 0) is 11.3 Å². The molecule has 22 heavy (non-hydrogen) atoms. The normalized spacial score (nSPS) is 20.2. The van der Waals surface area contributed by atoms with Crippen molar-refractivity contribution in [1.29, 1.82) is 0 Å². The van der Waals surface area contributed by atoms with E-state index >= 15 is 0 Å². The highest BCUT2D eigenvalue weighted by atomic mass is 16.5. The molecule has 118 valence electrons. The Labute approximate surface area is 131 Å². The summed E-state index contributed by atoms with van der Waals surface area (Å²) >= 11 is 0. The summed E-state index contributed by atoms with van der Waals surface area (Å²) in [6.45, 7) is 3.43. The first kappa shape index (κ1) is 16.2. The summed E-state index contributed by atoms with van der Waals surface area (Å²) in [7, 11) is 1.58. The maximum Gasteiger partial charge on any atom is 0.240 e. The standard InChI is InChI=1S/C17H22N2O3/c1-4-10-22-15-11-13(6-7-14(15)21-3)12-18-16(20)17(2)8-5-9-19-17/h1,6-7,11,19H,5,8-10,12H2,2-3H3,(H,18,20)/t17-/m0/s1. The molecule has 0 aliphatic carbocycles. The fourth-order valence-corrected chi connectivity index (χ4v) is 2.53. The molecular formula is C17H22N2O3. The predicted octanol–water partition coefficient (Wildman–Crippen LogP) is 1.47. The fraction of sp³-hybridized carbons (Fsp3) is 0.471. The van der Waals surface area contributed by atoms with Crippen molar-refractivity contribution in [3.05, 3.63) is 23.8 Å². The summed E-state index contributed by atoms with van der Waals surface area (Å²) in [6.07, 6.45) is 7.09. The van der Waals surface area contributed by atoms with Crippen LogP contribution < -0.4 is 20.1 Å². The second kappa shape index (κ2) is 7.19. The van der Waals surface area contributed by atoms with E-state index in [0.717, 1.165) is 24.9 Å². The van der Waals surface area contributed by atoms with Crippen molar-refractivity contribution >= 4 is 5.91 Å². The lowest BCUT2D eigenvalue weighted by atomic mass is 9.99. The van der Waals surface area contributed by atoms with Crippen LogP contribution in [0.1, 0.15) is 25.3 Å². The Hall–Kier alpha value is -2.19. The maximum atomic E-state index is 12.3. The second-order valence-corrected chi connectivity index (χ2v) is 5.52. The molecule has 0 aromatic heterocycles. The van der Waals surface area contributed by atoms with E-state index < -0.39 is 5.54 Å². The minimum atomic E-state index is -0.463. The van der Waals surface area contributed by atoms with E-state index in [-0.39, 0.29) is 12.5 Å². The Morgan fingerprint density at radius 2 is 2.32 bits per heavy atom. The molecule has 1 aliphatic heterocycles. The van der Waals surface area contributed by atoms with Crippen LogP contribution in [0.15, 0.2) is 18.2 Å². The Kier molecular flexibility index (Phi) is 5.29. The van der Waals surface area contributed by atoms with Crippen LogP contribution in [0.4, 0.5) is 0 Å². The summed E-state index contributed by atoms with van der Waals surface area (Å²) in [5.74, 6) is 3.64. The van der Waals surface area contributed by atoms with E-state index in [1.807, 2.05) is 25.1 Å². The Morgan fingerprint density at radius 1 is 1.50 bits per heavy atom. The minimum Gasteiger partial charge on any atom is -0.493 e. The Bertz CT molecular complexity index is 572. The monoisotopic (exact) mass is 302 g/mol. The SMILES string of the molecule is C#CCOc1cc(CNC(=O)[C@]2(C)CCCN2)ccc1OC. The number of carbonyl (C=O) groups excluding carboxylic acids is 1. The molecule has 1 aliphatic rings. The summed E-state index contributed by atoms with van der Waals surface area (Å²) < 4.78 is 10.7. The number of rotatable bonds is 6. The first-order valence-electron chi connectivity index (χ1n) is 7.35. The van der Waals surface area contributed by atoms with E-state index in [0.29, 0.717) is 18.0 Å². The van der Waals surface area contributed by atoms with Crippen molar-refractivity contribution < 1.29 is 14.3 Å². The molecular weight excluding hydrogens is 280 g/mol. The van der Waals surface area contributed by atoms with Gasteiger partial charge in [-0.05, 0) is 44.0 Å². The molecule has 1 aromatic carbocycles. The van der Waals surface area contributed by atoms with Gasteiger partial charge in [-0.3, -0.25) is 4.79 Å². The maximum absolute atomic E-state index is 12.3. The highest BCUT2D eigenvalue weighted by Gasteiger charge is 2.35. The summed E-state index contributed by atoms with van der Waals surface area (Å²) in [6, 6.07) is 5.54. The number of hydrogen-bond donors (Lipinski definition) is 2. The predicted molar refractivity (Wildman–Crippen MR) is 84.8 cm³/mol. The molecule has 0 unspecified atom stereocenters. The Morgan fingerprint density at radius 3 is 2.95 bits per heavy atom. The highest BCUT2D eigenvalue weighted by molar-refractivity contribution is 5.86. The van der Waals surface area contributed by atoms with E-state index in [2.05, 4.69) is 16.6 Å². The number of amides is 1. The number of terminal acetylenes is 1. The number of benzene rings is 1. The number of ether oxygens (including phenoxy) is 2. The van der Waals surface area contributed by atoms with Gasteiger partial charge in [-0.2, -0.15) is 0 Å². The van der Waals surface area contributed by atoms with Gasteiger partial charge in [0.15, 0.2) is 11.5 Å². The molecule has 0 radical (unpaired) electrons. The lowest BCUT2D eigenvalue weighted by molar-refractivity contribution is -0.126. The van der Waals surface area contributed by atoms with Crippen LogP contribution in [-0.4, -0.2) is 31.7 Å². The average molecular weight is 302 g/mol. The van der Waals surface area contributed by atoms with Gasteiger partial charge in [0, 0.05) is 6.54 Å². The molecule has 1 saturated heterocycles. The highest BCUT2D eigenvalue weighted by Crippen LogP contribution is 2.28. The number of nitrogens with one attached hydrogen (secondary N) is 2. The van der Waals surface area contributed by atoms with Crippen molar-refractivity contribution in [2.75, 3.05) is 20.3 Å². The molecule has 2 N–H and O–H groups in total. The van der Waals surface area contributed by atoms with Gasteiger partial charge < -0.3 is 20.1 Å². The smallest absolute Gasteiger partial charge is 0.240 e. The van der Waals surface area contributed by atoms with Crippen LogP contribution in [0.5, 0.6) is 11.5 Å². The molecule has 1 aromatic rings. The van der Waals surface area contributed by atoms with Crippen molar-refractivity contribution in [1.82, 2.24) is 10.6 Å². The fourth-order valence-electron chi connectivity index (χ4n) is 2.53. The molecule has 1 heterocycles. The average Bonchev–Trinajstić information content (AvgIpc) is 2.98. The zero-order valence-electron chi connectivity index (χ0n) is 13.1. The van der Waals surface area contributed by atoms with Gasteiger partial charge in [0.2, 0.25) is 5.91 Å². The van der Waals surface area contributed by atoms with E-state index in [1.54, 1.807) is 7.11 Å². The van der Waals surface area contributed by atoms with Crippen LogP contribution in [0.25, 0.3) is 0 Å². The minimum absolute atomic E-state index is 0.0203. The number of methoxy groups -OCH3 is 1. The van der Waals surface area contributed by atoms with Crippen LogP contribution in [0.3, 0.4) is 0 Å². The van der Waals surface area contributed by atoms with E-state index in [1.165, 1.54) is 0 Å². The Balaban J connectivity index is 2.00. The third kappa shape index (κ3) is 3.71. The topological polar surface area (TPSA) is 59.6 Å². The lowest BCUT2D eigenvalue weighted by Crippen LogP contribution is -2.50. The largest absolute Gasteiger partial charge is 0.493 e. The van der Waals surface area contributed by atoms with Gasteiger partial charge in [0.05, 0.1) is 12.6 Å². The molecule has 2 rings (SSSR count). The zero-order valence-corrected chi connectivity index (χ0v) is 13.1. The summed E-state index contributed by atoms with van der Waals surface area (Å²) in [5.41, 5.74) is 0.470. The molecule has 0 spiro atoms. The molecule has 1 atom stereocenters. The molecule has 5 nitrogen and oxygen atoms in total. The van der Waals surface area contributed by atoms with Gasteiger partial charge >= 0.3 is 0 Å². The third-order valence-corrected chi connectivity index (χ3v) is 3.86. The summed E-state index contributed by atoms with van der Waals surface area (Å²) in [4.78, 5) is 12.3. The van der Waals surface area contributed by atoms with E-state index in [4.69, 9.17) is 15.9 Å². The van der Waals surface area contributed by atoms with Gasteiger partial charge in [-0.25, -0.2) is 0 Å². The van der Waals surface area contributed by atoms with Crippen molar-refractivity contribution in [2.24, 2.45) is 0 Å². The van der Waals surface area contributed by atoms with Gasteiger partial charge in [-0.1, -0.05) is 12.0 Å². The molecule has 1 fully saturated rings. The third-order valence-electron chi connectivity index (χ3n) is 3.86. The number of carbonyl (C=O) groups is 1.